The summed E-state index contributed by atoms with van der Waals surface area (Å²) >= 11 is 5.81. The Kier molecular flexibility index (Phi) is 4.28. The van der Waals surface area contributed by atoms with Crippen molar-refractivity contribution in [2.24, 2.45) is 5.92 Å². The van der Waals surface area contributed by atoms with Gasteiger partial charge in [0.25, 0.3) is 0 Å². The summed E-state index contributed by atoms with van der Waals surface area (Å²) in [7, 11) is 0. The van der Waals surface area contributed by atoms with Crippen molar-refractivity contribution in [3.8, 4) is 0 Å². The number of aldehydes is 1. The first-order valence-electron chi connectivity index (χ1n) is 5.58. The van der Waals surface area contributed by atoms with E-state index in [-0.39, 0.29) is 5.15 Å². The molecule has 5 nitrogen and oxygen atoms in total. The summed E-state index contributed by atoms with van der Waals surface area (Å²) in [6, 6.07) is 0. The molecular weight excluding hydrogens is 242 g/mol. The number of nitrogens with zero attached hydrogens (tertiary/aromatic N) is 2. The first kappa shape index (κ1) is 12.3. The summed E-state index contributed by atoms with van der Waals surface area (Å²) in [6.07, 6.45) is 4.08. The summed E-state index contributed by atoms with van der Waals surface area (Å²) in [6.45, 7) is 2.38. The summed E-state index contributed by atoms with van der Waals surface area (Å²) in [4.78, 5) is 18.7. The number of ether oxygens (including phenoxy) is 1. The van der Waals surface area contributed by atoms with Gasteiger partial charge >= 0.3 is 0 Å². The lowest BCUT2D eigenvalue weighted by molar-refractivity contribution is 0.0699. The molecule has 0 atom stereocenters. The smallest absolute Gasteiger partial charge is 0.156 e. The maximum absolute atomic E-state index is 10.9. The predicted molar refractivity (Wildman–Crippen MR) is 64.5 cm³/mol. The Labute approximate surface area is 105 Å². The van der Waals surface area contributed by atoms with Gasteiger partial charge in [0.1, 0.15) is 17.3 Å². The lowest BCUT2D eigenvalue weighted by Gasteiger charge is -2.22. The van der Waals surface area contributed by atoms with Crippen molar-refractivity contribution in [2.45, 2.75) is 12.8 Å². The summed E-state index contributed by atoms with van der Waals surface area (Å²) < 4.78 is 5.29. The van der Waals surface area contributed by atoms with E-state index in [1.165, 1.54) is 6.33 Å². The molecular formula is C11H14ClN3O2. The topological polar surface area (TPSA) is 64.1 Å². The number of carbonyl (C=O) groups excluding carboxylic acids is 1. The van der Waals surface area contributed by atoms with E-state index < -0.39 is 0 Å². The van der Waals surface area contributed by atoms with Crippen LogP contribution in [-0.4, -0.2) is 36.0 Å². The van der Waals surface area contributed by atoms with Crippen LogP contribution in [0.3, 0.4) is 0 Å². The lowest BCUT2D eigenvalue weighted by Crippen LogP contribution is -2.23. The molecule has 0 unspecified atom stereocenters. The van der Waals surface area contributed by atoms with E-state index in [1.807, 2.05) is 0 Å². The van der Waals surface area contributed by atoms with Gasteiger partial charge in [-0.2, -0.15) is 0 Å². The largest absolute Gasteiger partial charge is 0.381 e. The normalized spacial score (nSPS) is 16.8. The number of anilines is 1. The van der Waals surface area contributed by atoms with Crippen LogP contribution in [0.4, 0.5) is 5.82 Å². The molecule has 17 heavy (non-hydrogen) atoms. The van der Waals surface area contributed by atoms with Gasteiger partial charge in [-0.15, -0.1) is 0 Å². The Balaban J connectivity index is 1.98. The molecule has 0 amide bonds. The highest BCUT2D eigenvalue weighted by molar-refractivity contribution is 6.32. The molecule has 0 spiro atoms. The zero-order chi connectivity index (χ0) is 12.1. The van der Waals surface area contributed by atoms with Crippen LogP contribution in [0.5, 0.6) is 0 Å². The van der Waals surface area contributed by atoms with Gasteiger partial charge in [-0.25, -0.2) is 9.97 Å². The quantitative estimate of drug-likeness (QED) is 0.656. The van der Waals surface area contributed by atoms with Gasteiger partial charge in [0.2, 0.25) is 0 Å². The van der Waals surface area contributed by atoms with E-state index in [0.717, 1.165) is 32.6 Å². The van der Waals surface area contributed by atoms with Crippen molar-refractivity contribution in [1.29, 1.82) is 0 Å². The Morgan fingerprint density at radius 2 is 2.24 bits per heavy atom. The SMILES string of the molecule is O=Cc1c(Cl)ncnc1NCC1CCOCC1. The van der Waals surface area contributed by atoms with E-state index in [2.05, 4.69) is 15.3 Å². The molecule has 1 aromatic heterocycles. The lowest BCUT2D eigenvalue weighted by atomic mass is 10.0. The molecule has 1 saturated heterocycles. The van der Waals surface area contributed by atoms with Crippen LogP contribution in [0.2, 0.25) is 5.15 Å². The molecule has 0 bridgehead atoms. The second-order valence-electron chi connectivity index (χ2n) is 3.98. The number of nitrogens with one attached hydrogen (secondary N) is 1. The number of hydrogen-bond donors (Lipinski definition) is 1. The molecule has 1 aromatic rings. The fourth-order valence-electron chi connectivity index (χ4n) is 1.81. The Morgan fingerprint density at radius 3 is 2.94 bits per heavy atom. The van der Waals surface area contributed by atoms with E-state index in [9.17, 15) is 4.79 Å². The van der Waals surface area contributed by atoms with Gasteiger partial charge in [0.05, 0.1) is 5.56 Å². The average Bonchev–Trinajstić information content (AvgIpc) is 2.37. The first-order valence-corrected chi connectivity index (χ1v) is 5.96. The Morgan fingerprint density at radius 1 is 1.47 bits per heavy atom. The van der Waals surface area contributed by atoms with E-state index in [0.29, 0.717) is 23.6 Å². The highest BCUT2D eigenvalue weighted by Crippen LogP contribution is 2.19. The molecule has 6 heteroatoms. The Hall–Kier alpha value is -1.20. The van der Waals surface area contributed by atoms with E-state index >= 15 is 0 Å². The second kappa shape index (κ2) is 5.93. The molecule has 0 aliphatic carbocycles. The van der Waals surface area contributed by atoms with Crippen molar-refractivity contribution in [3.05, 3.63) is 17.0 Å². The van der Waals surface area contributed by atoms with Crippen molar-refractivity contribution in [2.75, 3.05) is 25.1 Å². The third-order valence-electron chi connectivity index (χ3n) is 2.85. The second-order valence-corrected chi connectivity index (χ2v) is 4.34. The summed E-state index contributed by atoms with van der Waals surface area (Å²) in [5.41, 5.74) is 0.321. The van der Waals surface area contributed by atoms with Crippen LogP contribution in [0.15, 0.2) is 6.33 Å². The van der Waals surface area contributed by atoms with Crippen LogP contribution in [0, 0.1) is 5.92 Å². The Bertz CT molecular complexity index is 394. The maximum Gasteiger partial charge on any atom is 0.156 e. The zero-order valence-corrected chi connectivity index (χ0v) is 10.1. The highest BCUT2D eigenvalue weighted by Gasteiger charge is 2.15. The number of hydrogen-bond acceptors (Lipinski definition) is 5. The van der Waals surface area contributed by atoms with Crippen LogP contribution in [0.1, 0.15) is 23.2 Å². The average molecular weight is 256 g/mol. The molecule has 0 aromatic carbocycles. The third-order valence-corrected chi connectivity index (χ3v) is 3.15. The minimum absolute atomic E-state index is 0.185. The van der Waals surface area contributed by atoms with Crippen molar-refractivity contribution in [3.63, 3.8) is 0 Å². The summed E-state index contributed by atoms with van der Waals surface area (Å²) in [5, 5.41) is 3.34. The van der Waals surface area contributed by atoms with E-state index in [1.54, 1.807) is 0 Å². The fraction of sp³-hybridized carbons (Fsp3) is 0.545. The zero-order valence-electron chi connectivity index (χ0n) is 9.36. The molecule has 0 radical (unpaired) electrons. The molecule has 0 saturated carbocycles. The molecule has 1 aliphatic heterocycles. The van der Waals surface area contributed by atoms with Gasteiger partial charge in [0, 0.05) is 19.8 Å². The minimum atomic E-state index is 0.185. The van der Waals surface area contributed by atoms with Gasteiger partial charge in [-0.05, 0) is 18.8 Å². The standard InChI is InChI=1S/C11H14ClN3O2/c12-10-9(6-16)11(15-7-14-10)13-5-8-1-3-17-4-2-8/h6-8H,1-5H2,(H,13,14,15). The van der Waals surface area contributed by atoms with Crippen LogP contribution in [0.25, 0.3) is 0 Å². The van der Waals surface area contributed by atoms with Crippen molar-refractivity contribution >= 4 is 23.7 Å². The highest BCUT2D eigenvalue weighted by atomic mass is 35.5. The molecule has 92 valence electrons. The number of halogens is 1. The summed E-state index contributed by atoms with van der Waals surface area (Å²) in [5.74, 6) is 1.06. The van der Waals surface area contributed by atoms with Crippen molar-refractivity contribution < 1.29 is 9.53 Å². The minimum Gasteiger partial charge on any atom is -0.381 e. The van der Waals surface area contributed by atoms with Gasteiger partial charge in [0.15, 0.2) is 6.29 Å². The number of aromatic nitrogens is 2. The first-order chi connectivity index (χ1) is 8.31. The van der Waals surface area contributed by atoms with Crippen molar-refractivity contribution in [1.82, 2.24) is 9.97 Å². The van der Waals surface area contributed by atoms with Gasteiger partial charge < -0.3 is 10.1 Å². The monoisotopic (exact) mass is 255 g/mol. The predicted octanol–water partition coefficient (Wildman–Crippen LogP) is 1.78. The fourth-order valence-corrected chi connectivity index (χ4v) is 1.99. The number of rotatable bonds is 4. The molecule has 2 heterocycles. The van der Waals surface area contributed by atoms with Crippen LogP contribution in [-0.2, 0) is 4.74 Å². The number of carbonyl (C=O) groups is 1. The molecule has 1 fully saturated rings. The van der Waals surface area contributed by atoms with Crippen LogP contribution < -0.4 is 5.32 Å². The van der Waals surface area contributed by atoms with Crippen LogP contribution >= 0.6 is 11.6 Å². The van der Waals surface area contributed by atoms with Gasteiger partial charge in [-0.1, -0.05) is 11.6 Å². The molecule has 1 N–H and O–H groups in total. The van der Waals surface area contributed by atoms with Gasteiger partial charge in [-0.3, -0.25) is 4.79 Å². The maximum atomic E-state index is 10.9. The third kappa shape index (κ3) is 3.14. The molecule has 2 rings (SSSR count). The molecule has 1 aliphatic rings. The van der Waals surface area contributed by atoms with E-state index in [4.69, 9.17) is 16.3 Å².